The van der Waals surface area contributed by atoms with E-state index in [-0.39, 0.29) is 23.1 Å². The fraction of sp³-hybridized carbons (Fsp3) is 0.333. The van der Waals surface area contributed by atoms with Gasteiger partial charge in [0.05, 0.1) is 47.8 Å². The molecule has 2 aliphatic rings. The van der Waals surface area contributed by atoms with Gasteiger partial charge in [-0.2, -0.15) is 0 Å². The SMILES string of the molecule is O=c1c2cc(-c3ccc(N4CCOCC4)cc3)nc(-c3cccnc3)c2ncn1C1CCS(=O)(=O)CC1. The molecule has 0 saturated carbocycles. The molecule has 0 bridgehead atoms. The van der Waals surface area contributed by atoms with E-state index in [0.717, 1.165) is 29.9 Å². The minimum absolute atomic E-state index is 0.0835. The number of ether oxygens (including phenoxy) is 1. The van der Waals surface area contributed by atoms with Gasteiger partial charge in [0.25, 0.3) is 5.56 Å². The van der Waals surface area contributed by atoms with Gasteiger partial charge < -0.3 is 9.64 Å². The number of hydrogen-bond donors (Lipinski definition) is 0. The van der Waals surface area contributed by atoms with Crippen molar-refractivity contribution in [1.29, 1.82) is 0 Å². The maximum Gasteiger partial charge on any atom is 0.261 e. The van der Waals surface area contributed by atoms with Crippen molar-refractivity contribution < 1.29 is 13.2 Å². The van der Waals surface area contributed by atoms with Crippen LogP contribution in [-0.4, -0.2) is 65.7 Å². The maximum absolute atomic E-state index is 13.7. The maximum atomic E-state index is 13.7. The Hall–Kier alpha value is -3.63. The number of benzene rings is 1. The van der Waals surface area contributed by atoms with Gasteiger partial charge in [0, 0.05) is 48.3 Å². The Morgan fingerprint density at radius 3 is 2.43 bits per heavy atom. The number of rotatable bonds is 4. The van der Waals surface area contributed by atoms with Crippen LogP contribution in [0.5, 0.6) is 0 Å². The third-order valence-electron chi connectivity index (χ3n) is 7.16. The van der Waals surface area contributed by atoms with E-state index in [4.69, 9.17) is 9.72 Å². The Morgan fingerprint density at radius 2 is 1.73 bits per heavy atom. The first-order valence-electron chi connectivity index (χ1n) is 12.4. The Labute approximate surface area is 214 Å². The highest BCUT2D eigenvalue weighted by atomic mass is 32.2. The van der Waals surface area contributed by atoms with E-state index in [9.17, 15) is 13.2 Å². The van der Waals surface area contributed by atoms with E-state index in [1.807, 2.05) is 24.3 Å². The molecule has 0 unspecified atom stereocenters. The summed E-state index contributed by atoms with van der Waals surface area (Å²) in [6.07, 6.45) is 5.76. The lowest BCUT2D eigenvalue weighted by Gasteiger charge is -2.28. The second-order valence-electron chi connectivity index (χ2n) is 9.48. The van der Waals surface area contributed by atoms with E-state index in [1.54, 1.807) is 23.0 Å². The lowest BCUT2D eigenvalue weighted by atomic mass is 10.0. The number of anilines is 1. The minimum atomic E-state index is -3.04. The smallest absolute Gasteiger partial charge is 0.261 e. The zero-order valence-corrected chi connectivity index (χ0v) is 21.1. The Morgan fingerprint density at radius 1 is 0.973 bits per heavy atom. The molecule has 2 fully saturated rings. The van der Waals surface area contributed by atoms with E-state index >= 15 is 0 Å². The predicted molar refractivity (Wildman–Crippen MR) is 142 cm³/mol. The van der Waals surface area contributed by atoms with Crippen LogP contribution in [0.1, 0.15) is 18.9 Å². The molecular formula is C27H27N5O4S. The summed E-state index contributed by atoms with van der Waals surface area (Å²) in [6.45, 7) is 3.14. The van der Waals surface area contributed by atoms with Gasteiger partial charge in [-0.15, -0.1) is 0 Å². The van der Waals surface area contributed by atoms with Gasteiger partial charge in [0.1, 0.15) is 15.4 Å². The molecule has 1 aromatic carbocycles. The number of fused-ring (bicyclic) bond motifs is 1. The van der Waals surface area contributed by atoms with Crippen molar-refractivity contribution in [2.45, 2.75) is 18.9 Å². The molecular weight excluding hydrogens is 490 g/mol. The van der Waals surface area contributed by atoms with E-state index in [1.165, 1.54) is 6.33 Å². The van der Waals surface area contributed by atoms with Gasteiger partial charge in [-0.05, 0) is 43.2 Å². The fourth-order valence-electron chi connectivity index (χ4n) is 5.08. The Balaban J connectivity index is 1.45. The summed E-state index contributed by atoms with van der Waals surface area (Å²) in [5, 5.41) is 0.456. The second kappa shape index (κ2) is 9.68. The van der Waals surface area contributed by atoms with Crippen molar-refractivity contribution in [3.05, 3.63) is 71.5 Å². The van der Waals surface area contributed by atoms with Crippen LogP contribution in [-0.2, 0) is 14.6 Å². The van der Waals surface area contributed by atoms with E-state index in [2.05, 4.69) is 27.0 Å². The Kier molecular flexibility index (Phi) is 6.21. The predicted octanol–water partition coefficient (Wildman–Crippen LogP) is 3.11. The molecule has 0 atom stereocenters. The molecule has 0 aliphatic carbocycles. The molecule has 0 spiro atoms. The first kappa shape index (κ1) is 23.7. The van der Waals surface area contributed by atoms with Crippen LogP contribution in [0, 0.1) is 0 Å². The number of pyridine rings is 2. The van der Waals surface area contributed by atoms with Crippen LogP contribution < -0.4 is 10.5 Å². The third-order valence-corrected chi connectivity index (χ3v) is 8.88. The number of hydrogen-bond acceptors (Lipinski definition) is 8. The number of nitrogens with zero attached hydrogens (tertiary/aromatic N) is 5. The van der Waals surface area contributed by atoms with Crippen molar-refractivity contribution in [2.24, 2.45) is 0 Å². The zero-order chi connectivity index (χ0) is 25.4. The average Bonchev–Trinajstić information content (AvgIpc) is 2.94. The van der Waals surface area contributed by atoms with Gasteiger partial charge in [-0.25, -0.2) is 18.4 Å². The number of sulfone groups is 1. The number of aromatic nitrogens is 4. The summed E-state index contributed by atoms with van der Waals surface area (Å²) >= 11 is 0. The zero-order valence-electron chi connectivity index (χ0n) is 20.3. The molecule has 10 heteroatoms. The number of morpholine rings is 1. The van der Waals surface area contributed by atoms with Crippen molar-refractivity contribution in [1.82, 2.24) is 19.5 Å². The highest BCUT2D eigenvalue weighted by molar-refractivity contribution is 7.91. The van der Waals surface area contributed by atoms with Crippen molar-refractivity contribution in [3.63, 3.8) is 0 Å². The normalized spacial score (nSPS) is 18.2. The second-order valence-corrected chi connectivity index (χ2v) is 11.8. The highest BCUT2D eigenvalue weighted by Gasteiger charge is 2.26. The van der Waals surface area contributed by atoms with E-state index in [0.29, 0.717) is 48.3 Å². The van der Waals surface area contributed by atoms with E-state index < -0.39 is 9.84 Å². The summed E-state index contributed by atoms with van der Waals surface area (Å²) in [6, 6.07) is 13.5. The van der Waals surface area contributed by atoms with Gasteiger partial charge >= 0.3 is 0 Å². The molecule has 0 radical (unpaired) electrons. The van der Waals surface area contributed by atoms with Gasteiger partial charge in [0.15, 0.2) is 0 Å². The van der Waals surface area contributed by atoms with Crippen molar-refractivity contribution >= 4 is 26.4 Å². The van der Waals surface area contributed by atoms with Crippen LogP contribution in [0.3, 0.4) is 0 Å². The summed E-state index contributed by atoms with van der Waals surface area (Å²) in [7, 11) is -3.04. The van der Waals surface area contributed by atoms with Crippen LogP contribution >= 0.6 is 0 Å². The average molecular weight is 518 g/mol. The molecule has 0 amide bonds. The molecule has 3 aromatic heterocycles. The van der Waals surface area contributed by atoms with Gasteiger partial charge in [-0.3, -0.25) is 14.3 Å². The standard InChI is InChI=1S/C27H27N5O4S/c33-27-23-16-24(19-3-5-21(6-4-19)31-10-12-36-13-11-31)30-25(20-2-1-9-28-17-20)26(23)29-18-32(27)22-7-14-37(34,35)15-8-22/h1-6,9,16-18,22H,7-8,10-15H2. The molecule has 6 rings (SSSR count). The molecule has 37 heavy (non-hydrogen) atoms. The lowest BCUT2D eigenvalue weighted by Crippen LogP contribution is -2.36. The topological polar surface area (TPSA) is 107 Å². The molecule has 190 valence electrons. The van der Waals surface area contributed by atoms with Crippen LogP contribution in [0.25, 0.3) is 33.4 Å². The van der Waals surface area contributed by atoms with Crippen molar-refractivity contribution in [3.8, 4) is 22.5 Å². The molecule has 2 aliphatic heterocycles. The summed E-state index contributed by atoms with van der Waals surface area (Å²) in [5.74, 6) is 0.167. The summed E-state index contributed by atoms with van der Waals surface area (Å²) in [5.41, 5.74) is 4.36. The van der Waals surface area contributed by atoms with Crippen LogP contribution in [0.2, 0.25) is 0 Å². The first-order chi connectivity index (χ1) is 18.0. The monoisotopic (exact) mass is 517 g/mol. The molecule has 9 nitrogen and oxygen atoms in total. The molecule has 4 aromatic rings. The third kappa shape index (κ3) is 4.74. The minimum Gasteiger partial charge on any atom is -0.378 e. The van der Waals surface area contributed by atoms with Crippen molar-refractivity contribution in [2.75, 3.05) is 42.7 Å². The quantitative estimate of drug-likeness (QED) is 0.407. The molecule has 5 heterocycles. The molecule has 2 saturated heterocycles. The molecule has 0 N–H and O–H groups in total. The summed E-state index contributed by atoms with van der Waals surface area (Å²) in [4.78, 5) is 29.8. The van der Waals surface area contributed by atoms with Crippen LogP contribution in [0.4, 0.5) is 5.69 Å². The lowest BCUT2D eigenvalue weighted by molar-refractivity contribution is 0.122. The highest BCUT2D eigenvalue weighted by Crippen LogP contribution is 2.30. The summed E-state index contributed by atoms with van der Waals surface area (Å²) < 4.78 is 30.9. The first-order valence-corrected chi connectivity index (χ1v) is 14.3. The van der Waals surface area contributed by atoms with Gasteiger partial charge in [0.2, 0.25) is 0 Å². The van der Waals surface area contributed by atoms with Crippen LogP contribution in [0.15, 0.2) is 66.0 Å². The Bertz CT molecular complexity index is 1580. The van der Waals surface area contributed by atoms with Gasteiger partial charge in [-0.1, -0.05) is 12.1 Å². The fourth-order valence-corrected chi connectivity index (χ4v) is 6.54. The largest absolute Gasteiger partial charge is 0.378 e.